The van der Waals surface area contributed by atoms with Crippen LogP contribution >= 0.6 is 7.82 Å². The van der Waals surface area contributed by atoms with Crippen LogP contribution in [-0.4, -0.2) is 40.3 Å². The molecule has 0 amide bonds. The minimum Gasteiger partial charge on any atom is -0.492 e. The molecule has 1 rings (SSSR count). The van der Waals surface area contributed by atoms with Crippen LogP contribution in [0.5, 0.6) is 5.75 Å². The van der Waals surface area contributed by atoms with E-state index in [4.69, 9.17) is 20.3 Å². The molecule has 0 aromatic heterocycles. The van der Waals surface area contributed by atoms with Gasteiger partial charge in [-0.05, 0) is 37.0 Å². The average Bonchev–Trinajstić information content (AvgIpc) is 2.70. The smallest absolute Gasteiger partial charge is 0.469 e. The molecule has 0 aliphatic rings. The number of phosphoric acid groups is 1. The van der Waals surface area contributed by atoms with Crippen LogP contribution in [0, 0.1) is 11.3 Å². The standard InChI is InChI=1S/C20H33N2O6P/c1-2-3-4-5-6-7-12-27-19-9-8-17(13-18(19)14-21)10-11-20(22,15-23)16-28-29(24,25)26/h8-9,13,23H,2-7,10-12,15-16,22H2,1H3,(H2,24,25,26). The number of aryl methyl sites for hydroxylation is 1. The highest BCUT2D eigenvalue weighted by atomic mass is 31.2. The Balaban J connectivity index is 2.55. The van der Waals surface area contributed by atoms with E-state index in [1.54, 1.807) is 12.1 Å². The molecule has 0 saturated heterocycles. The second-order valence-corrected chi connectivity index (χ2v) is 8.58. The Hall–Kier alpha value is -1.46. The fourth-order valence-electron chi connectivity index (χ4n) is 2.81. The number of phosphoric ester groups is 1. The summed E-state index contributed by atoms with van der Waals surface area (Å²) in [6, 6.07) is 7.40. The van der Waals surface area contributed by atoms with Crippen LogP contribution in [0.25, 0.3) is 0 Å². The number of aliphatic hydroxyl groups is 1. The van der Waals surface area contributed by atoms with Crippen LogP contribution < -0.4 is 10.5 Å². The van der Waals surface area contributed by atoms with Crippen molar-refractivity contribution in [3.05, 3.63) is 29.3 Å². The maximum atomic E-state index is 10.8. The van der Waals surface area contributed by atoms with Gasteiger partial charge in [0, 0.05) is 0 Å². The third-order valence-corrected chi connectivity index (χ3v) is 5.13. The highest BCUT2D eigenvalue weighted by molar-refractivity contribution is 7.46. The Kier molecular flexibility index (Phi) is 11.4. The number of nitrogens with zero attached hydrogens (tertiary/aromatic N) is 1. The van der Waals surface area contributed by atoms with Crippen molar-refractivity contribution < 1.29 is 28.7 Å². The van der Waals surface area contributed by atoms with Crippen LogP contribution in [0.3, 0.4) is 0 Å². The third kappa shape index (κ3) is 10.8. The van der Waals surface area contributed by atoms with E-state index in [1.807, 2.05) is 6.07 Å². The van der Waals surface area contributed by atoms with Crippen molar-refractivity contribution >= 4 is 7.82 Å². The normalized spacial score (nSPS) is 13.7. The van der Waals surface area contributed by atoms with E-state index in [2.05, 4.69) is 17.5 Å². The minimum atomic E-state index is -4.66. The number of ether oxygens (including phenoxy) is 1. The fourth-order valence-corrected chi connectivity index (χ4v) is 3.24. The van der Waals surface area contributed by atoms with Gasteiger partial charge in [0.15, 0.2) is 0 Å². The highest BCUT2D eigenvalue weighted by Crippen LogP contribution is 2.37. The molecule has 0 bridgehead atoms. The minimum absolute atomic E-state index is 0.229. The van der Waals surface area contributed by atoms with E-state index in [0.717, 1.165) is 18.4 Å². The van der Waals surface area contributed by atoms with Gasteiger partial charge in [-0.1, -0.05) is 45.1 Å². The zero-order valence-electron chi connectivity index (χ0n) is 17.0. The molecule has 1 aromatic rings. The number of benzene rings is 1. The van der Waals surface area contributed by atoms with Gasteiger partial charge in [-0.15, -0.1) is 0 Å². The van der Waals surface area contributed by atoms with Crippen molar-refractivity contribution in [1.29, 1.82) is 5.26 Å². The quantitative estimate of drug-likeness (QED) is 0.246. The second kappa shape index (κ2) is 13.0. The maximum Gasteiger partial charge on any atom is 0.469 e. The summed E-state index contributed by atoms with van der Waals surface area (Å²) in [6.07, 6.45) is 7.60. The summed E-state index contributed by atoms with van der Waals surface area (Å²) in [4.78, 5) is 17.6. The first-order valence-corrected chi connectivity index (χ1v) is 11.5. The van der Waals surface area contributed by atoms with Gasteiger partial charge in [-0.3, -0.25) is 4.52 Å². The molecule has 1 unspecified atom stereocenters. The third-order valence-electron chi connectivity index (χ3n) is 4.67. The van der Waals surface area contributed by atoms with Gasteiger partial charge < -0.3 is 25.4 Å². The Morgan fingerprint density at radius 2 is 1.90 bits per heavy atom. The molecule has 164 valence electrons. The number of nitrogens with two attached hydrogens (primary N) is 1. The maximum absolute atomic E-state index is 10.8. The summed E-state index contributed by atoms with van der Waals surface area (Å²) in [5, 5.41) is 18.9. The van der Waals surface area contributed by atoms with Crippen molar-refractivity contribution in [2.24, 2.45) is 5.73 Å². The van der Waals surface area contributed by atoms with Gasteiger partial charge >= 0.3 is 7.82 Å². The molecule has 9 heteroatoms. The topological polar surface area (TPSA) is 146 Å². The van der Waals surface area contributed by atoms with Crippen molar-refractivity contribution in [3.63, 3.8) is 0 Å². The average molecular weight is 428 g/mol. The number of rotatable bonds is 15. The van der Waals surface area contributed by atoms with E-state index in [9.17, 15) is 14.9 Å². The SMILES string of the molecule is CCCCCCCCOc1ccc(CCC(N)(CO)COP(=O)(O)O)cc1C#N. The van der Waals surface area contributed by atoms with E-state index in [-0.39, 0.29) is 6.42 Å². The molecule has 1 atom stereocenters. The van der Waals surface area contributed by atoms with E-state index in [0.29, 0.717) is 24.3 Å². The van der Waals surface area contributed by atoms with Gasteiger partial charge in [0.2, 0.25) is 0 Å². The summed E-state index contributed by atoms with van der Waals surface area (Å²) in [5.74, 6) is 0.538. The molecule has 0 fully saturated rings. The van der Waals surface area contributed by atoms with Crippen molar-refractivity contribution in [1.82, 2.24) is 0 Å². The molecule has 0 spiro atoms. The first-order valence-electron chi connectivity index (χ1n) is 9.98. The number of aliphatic hydroxyl groups excluding tert-OH is 1. The first kappa shape index (κ1) is 25.6. The molecule has 0 aliphatic carbocycles. The Morgan fingerprint density at radius 3 is 2.52 bits per heavy atom. The molecule has 8 nitrogen and oxygen atoms in total. The lowest BCUT2D eigenvalue weighted by Crippen LogP contribution is -2.48. The van der Waals surface area contributed by atoms with Crippen LogP contribution in [0.2, 0.25) is 0 Å². The Bertz CT molecular complexity index is 703. The predicted octanol–water partition coefficient (Wildman–Crippen LogP) is 3.03. The van der Waals surface area contributed by atoms with Crippen molar-refractivity contribution in [2.75, 3.05) is 19.8 Å². The van der Waals surface area contributed by atoms with Crippen LogP contribution in [0.1, 0.15) is 63.0 Å². The predicted molar refractivity (Wildman–Crippen MR) is 110 cm³/mol. The van der Waals surface area contributed by atoms with Gasteiger partial charge in [-0.2, -0.15) is 5.26 Å². The molecule has 5 N–H and O–H groups in total. The van der Waals surface area contributed by atoms with Crippen molar-refractivity contribution in [3.8, 4) is 11.8 Å². The summed E-state index contributed by atoms with van der Waals surface area (Å²) >= 11 is 0. The summed E-state index contributed by atoms with van der Waals surface area (Å²) in [5.41, 5.74) is 5.91. The van der Waals surface area contributed by atoms with Crippen molar-refractivity contribution in [2.45, 2.75) is 63.8 Å². The Morgan fingerprint density at radius 1 is 1.21 bits per heavy atom. The lowest BCUT2D eigenvalue weighted by Gasteiger charge is -2.27. The number of hydrogen-bond donors (Lipinski definition) is 4. The number of nitriles is 1. The van der Waals surface area contributed by atoms with Crippen LogP contribution in [-0.2, 0) is 15.5 Å². The molecule has 0 aliphatic heterocycles. The zero-order valence-corrected chi connectivity index (χ0v) is 17.9. The number of hydrogen-bond acceptors (Lipinski definition) is 6. The summed E-state index contributed by atoms with van der Waals surface area (Å²) < 4.78 is 21.0. The fraction of sp³-hybridized carbons (Fsp3) is 0.650. The molecule has 1 aromatic carbocycles. The second-order valence-electron chi connectivity index (χ2n) is 7.34. The van der Waals surface area contributed by atoms with Gasteiger partial charge in [0.05, 0.1) is 30.9 Å². The van der Waals surface area contributed by atoms with Crippen LogP contribution in [0.4, 0.5) is 0 Å². The molecular weight excluding hydrogens is 395 g/mol. The highest BCUT2D eigenvalue weighted by Gasteiger charge is 2.28. The molecule has 0 saturated carbocycles. The Labute approximate surface area is 172 Å². The monoisotopic (exact) mass is 428 g/mol. The molecule has 29 heavy (non-hydrogen) atoms. The zero-order chi connectivity index (χ0) is 21.8. The van der Waals surface area contributed by atoms with E-state index < -0.39 is 26.6 Å². The lowest BCUT2D eigenvalue weighted by molar-refractivity contribution is 0.102. The van der Waals surface area contributed by atoms with Gasteiger partial charge in [0.25, 0.3) is 0 Å². The van der Waals surface area contributed by atoms with Gasteiger partial charge in [-0.25, -0.2) is 4.57 Å². The summed E-state index contributed by atoms with van der Waals surface area (Å²) in [6.45, 7) is 1.79. The van der Waals surface area contributed by atoms with E-state index >= 15 is 0 Å². The molecule has 0 heterocycles. The molecule has 0 radical (unpaired) electrons. The van der Waals surface area contributed by atoms with E-state index in [1.165, 1.54) is 25.7 Å². The summed E-state index contributed by atoms with van der Waals surface area (Å²) in [7, 11) is -4.66. The van der Waals surface area contributed by atoms with Gasteiger partial charge in [0.1, 0.15) is 11.8 Å². The number of unbranched alkanes of at least 4 members (excludes halogenated alkanes) is 5. The van der Waals surface area contributed by atoms with Crippen LogP contribution in [0.15, 0.2) is 18.2 Å². The molecular formula is C20H33N2O6P. The first-order chi connectivity index (χ1) is 13.7. The largest absolute Gasteiger partial charge is 0.492 e. The lowest BCUT2D eigenvalue weighted by atomic mass is 9.93.